The Bertz CT molecular complexity index is 181. The molecular weight excluding hydrogens is 166 g/mol. The van der Waals surface area contributed by atoms with Crippen LogP contribution in [0.3, 0.4) is 0 Å². The maximum atomic E-state index is 10.2. The van der Waals surface area contributed by atoms with Crippen LogP contribution in [0.25, 0.3) is 0 Å². The number of aliphatic hydroxyl groups is 1. The Morgan fingerprint density at radius 3 is 1.92 bits per heavy atom. The Hall–Kier alpha value is -0.120. The van der Waals surface area contributed by atoms with Gasteiger partial charge in [0.1, 0.15) is 5.60 Å². The van der Waals surface area contributed by atoms with E-state index in [1.165, 1.54) is 12.8 Å². The molecular formula is C10H19NO2. The van der Waals surface area contributed by atoms with Crippen LogP contribution in [0, 0.1) is 0 Å². The third-order valence-corrected chi connectivity index (χ3v) is 3.60. The lowest BCUT2D eigenvalue weighted by molar-refractivity contribution is -0.216. The molecule has 1 saturated heterocycles. The van der Waals surface area contributed by atoms with Gasteiger partial charge in [-0.3, -0.25) is 0 Å². The number of nitrogens with two attached hydrogens (primary N) is 1. The molecule has 0 aromatic heterocycles. The molecule has 1 aliphatic heterocycles. The highest BCUT2D eigenvalue weighted by Crippen LogP contribution is 2.37. The van der Waals surface area contributed by atoms with Crippen LogP contribution in [0.15, 0.2) is 0 Å². The molecule has 2 rings (SSSR count). The summed E-state index contributed by atoms with van der Waals surface area (Å²) in [7, 11) is 0. The van der Waals surface area contributed by atoms with Crippen molar-refractivity contribution in [1.82, 2.24) is 0 Å². The predicted octanol–water partition coefficient (Wildman–Crippen LogP) is 0.799. The van der Waals surface area contributed by atoms with Crippen LogP contribution >= 0.6 is 0 Å². The summed E-state index contributed by atoms with van der Waals surface area (Å²) >= 11 is 0. The maximum Gasteiger partial charge on any atom is 0.129 e. The van der Waals surface area contributed by atoms with Crippen molar-refractivity contribution in [2.45, 2.75) is 49.7 Å². The summed E-state index contributed by atoms with van der Waals surface area (Å²) in [6.45, 7) is 0.868. The second kappa shape index (κ2) is 3.23. The Labute approximate surface area is 79.3 Å². The molecule has 13 heavy (non-hydrogen) atoms. The van der Waals surface area contributed by atoms with Crippen LogP contribution in [0.1, 0.15) is 38.5 Å². The lowest BCUT2D eigenvalue weighted by Crippen LogP contribution is -2.70. The summed E-state index contributed by atoms with van der Waals surface area (Å²) in [4.78, 5) is 0. The molecule has 0 radical (unpaired) electrons. The van der Waals surface area contributed by atoms with Gasteiger partial charge in [0.05, 0.1) is 13.2 Å². The van der Waals surface area contributed by atoms with E-state index in [1.807, 2.05) is 0 Å². The van der Waals surface area contributed by atoms with Gasteiger partial charge >= 0.3 is 0 Å². The van der Waals surface area contributed by atoms with E-state index in [0.717, 1.165) is 25.7 Å². The van der Waals surface area contributed by atoms with E-state index in [9.17, 15) is 5.11 Å². The Morgan fingerprint density at radius 1 is 1.00 bits per heavy atom. The van der Waals surface area contributed by atoms with Crippen molar-refractivity contribution in [1.29, 1.82) is 0 Å². The fourth-order valence-electron chi connectivity index (χ4n) is 2.41. The van der Waals surface area contributed by atoms with Crippen molar-refractivity contribution in [2.24, 2.45) is 5.73 Å². The molecule has 0 aromatic rings. The molecule has 0 bridgehead atoms. The van der Waals surface area contributed by atoms with Crippen molar-refractivity contribution >= 4 is 0 Å². The average molecular weight is 185 g/mol. The van der Waals surface area contributed by atoms with Crippen molar-refractivity contribution in [2.75, 3.05) is 13.2 Å². The summed E-state index contributed by atoms with van der Waals surface area (Å²) in [5, 5.41) is 10.2. The topological polar surface area (TPSA) is 55.5 Å². The molecule has 0 amide bonds. The molecule has 0 atom stereocenters. The molecule has 3 heteroatoms. The second-order valence-electron chi connectivity index (χ2n) is 4.59. The Kier molecular flexibility index (Phi) is 2.34. The largest absolute Gasteiger partial charge is 0.383 e. The quantitative estimate of drug-likeness (QED) is 0.594. The summed E-state index contributed by atoms with van der Waals surface area (Å²) < 4.78 is 5.07. The lowest BCUT2D eigenvalue weighted by Gasteiger charge is -2.49. The molecule has 0 spiro atoms. The van der Waals surface area contributed by atoms with Gasteiger partial charge in [-0.1, -0.05) is 25.7 Å². The Balaban J connectivity index is 2.07. The zero-order chi connectivity index (χ0) is 9.36. The van der Waals surface area contributed by atoms with Gasteiger partial charge in [0.25, 0.3) is 0 Å². The molecule has 1 saturated carbocycles. The number of hydrogen-bond donors (Lipinski definition) is 2. The minimum atomic E-state index is -0.725. The highest BCUT2D eigenvalue weighted by atomic mass is 16.5. The van der Waals surface area contributed by atoms with Crippen LogP contribution < -0.4 is 5.73 Å². The number of hydrogen-bond acceptors (Lipinski definition) is 3. The molecule has 3 nitrogen and oxygen atoms in total. The standard InChI is InChI=1S/C10H19NO2/c11-9(10(12)7-13-8-10)5-3-1-2-4-6-9/h12H,1-8,11H2. The van der Waals surface area contributed by atoms with Crippen LogP contribution in [0.5, 0.6) is 0 Å². The van der Waals surface area contributed by atoms with E-state index < -0.39 is 5.60 Å². The van der Waals surface area contributed by atoms with Crippen LogP contribution in [-0.4, -0.2) is 29.5 Å². The van der Waals surface area contributed by atoms with E-state index in [4.69, 9.17) is 10.5 Å². The van der Waals surface area contributed by atoms with Crippen LogP contribution in [0.2, 0.25) is 0 Å². The van der Waals surface area contributed by atoms with Gasteiger partial charge < -0.3 is 15.6 Å². The fraction of sp³-hybridized carbons (Fsp3) is 1.00. The maximum absolute atomic E-state index is 10.2. The number of ether oxygens (including phenoxy) is 1. The number of rotatable bonds is 1. The summed E-state index contributed by atoms with van der Waals surface area (Å²) in [6, 6.07) is 0. The molecule has 76 valence electrons. The molecule has 3 N–H and O–H groups in total. The highest BCUT2D eigenvalue weighted by Gasteiger charge is 2.52. The summed E-state index contributed by atoms with van der Waals surface area (Å²) in [5.41, 5.74) is 5.17. The van der Waals surface area contributed by atoms with E-state index >= 15 is 0 Å². The summed E-state index contributed by atoms with van der Waals surface area (Å²) in [5.74, 6) is 0. The molecule has 1 heterocycles. The summed E-state index contributed by atoms with van der Waals surface area (Å²) in [6.07, 6.45) is 6.73. The minimum absolute atomic E-state index is 0.373. The van der Waals surface area contributed by atoms with Gasteiger partial charge in [-0.15, -0.1) is 0 Å². The van der Waals surface area contributed by atoms with Gasteiger partial charge in [0.15, 0.2) is 0 Å². The normalized spacial score (nSPS) is 31.8. The van der Waals surface area contributed by atoms with E-state index in [-0.39, 0.29) is 5.54 Å². The minimum Gasteiger partial charge on any atom is -0.383 e. The molecule has 2 aliphatic rings. The molecule has 0 unspecified atom stereocenters. The average Bonchev–Trinajstić information content (AvgIpc) is 2.27. The van der Waals surface area contributed by atoms with Crippen molar-refractivity contribution in [3.8, 4) is 0 Å². The van der Waals surface area contributed by atoms with Crippen molar-refractivity contribution in [3.63, 3.8) is 0 Å². The monoisotopic (exact) mass is 185 g/mol. The second-order valence-corrected chi connectivity index (χ2v) is 4.59. The first-order valence-electron chi connectivity index (χ1n) is 5.25. The van der Waals surface area contributed by atoms with Crippen molar-refractivity contribution in [3.05, 3.63) is 0 Å². The molecule has 2 fully saturated rings. The van der Waals surface area contributed by atoms with Gasteiger partial charge in [-0.25, -0.2) is 0 Å². The van der Waals surface area contributed by atoms with Gasteiger partial charge in [-0.2, -0.15) is 0 Å². The SMILES string of the molecule is NC1(C2(O)COC2)CCCCCC1. The first kappa shape index (κ1) is 9.44. The molecule has 1 aliphatic carbocycles. The smallest absolute Gasteiger partial charge is 0.129 e. The van der Waals surface area contributed by atoms with Crippen LogP contribution in [-0.2, 0) is 4.74 Å². The lowest BCUT2D eigenvalue weighted by atomic mass is 9.74. The van der Waals surface area contributed by atoms with Gasteiger partial charge in [0, 0.05) is 5.54 Å². The van der Waals surface area contributed by atoms with Gasteiger partial charge in [-0.05, 0) is 12.8 Å². The first-order chi connectivity index (χ1) is 6.16. The predicted molar refractivity (Wildman–Crippen MR) is 50.4 cm³/mol. The van der Waals surface area contributed by atoms with Gasteiger partial charge in [0.2, 0.25) is 0 Å². The third-order valence-electron chi connectivity index (χ3n) is 3.60. The van der Waals surface area contributed by atoms with E-state index in [0.29, 0.717) is 13.2 Å². The van der Waals surface area contributed by atoms with Crippen molar-refractivity contribution < 1.29 is 9.84 Å². The fourth-order valence-corrected chi connectivity index (χ4v) is 2.41. The zero-order valence-corrected chi connectivity index (χ0v) is 8.09. The highest BCUT2D eigenvalue weighted by molar-refractivity contribution is 5.07. The van der Waals surface area contributed by atoms with E-state index in [2.05, 4.69) is 0 Å². The first-order valence-corrected chi connectivity index (χ1v) is 5.25. The van der Waals surface area contributed by atoms with Crippen LogP contribution in [0.4, 0.5) is 0 Å². The molecule has 0 aromatic carbocycles. The zero-order valence-electron chi connectivity index (χ0n) is 8.09. The Morgan fingerprint density at radius 2 is 1.54 bits per heavy atom. The third kappa shape index (κ3) is 1.49. The van der Waals surface area contributed by atoms with E-state index in [1.54, 1.807) is 0 Å².